The third kappa shape index (κ3) is 4.50. The highest BCUT2D eigenvalue weighted by molar-refractivity contribution is 6.28. The van der Waals surface area contributed by atoms with Crippen LogP contribution in [0.5, 0.6) is 0 Å². The minimum atomic E-state index is 0.908. The van der Waals surface area contributed by atoms with E-state index in [-0.39, 0.29) is 0 Å². The quantitative estimate of drug-likeness (QED) is 0.166. The fourth-order valence-corrected chi connectivity index (χ4v) is 9.32. The average Bonchev–Trinajstić information content (AvgIpc) is 3.80. The third-order valence-corrected chi connectivity index (χ3v) is 11.8. The Balaban J connectivity index is 1.06. The van der Waals surface area contributed by atoms with Crippen LogP contribution < -0.4 is 0 Å². The van der Waals surface area contributed by atoms with Crippen LogP contribution in [0.1, 0.15) is 0 Å². The first-order valence-corrected chi connectivity index (χ1v) is 19.3. The zero-order chi connectivity index (χ0) is 36.7. The lowest BCUT2D eigenvalue weighted by Gasteiger charge is -2.19. The van der Waals surface area contributed by atoms with E-state index in [4.69, 9.17) is 4.42 Å². The zero-order valence-corrected chi connectivity index (χ0v) is 30.4. The molecule has 0 fully saturated rings. The van der Waals surface area contributed by atoms with E-state index < -0.39 is 0 Å². The number of aromatic nitrogens is 1. The molecule has 0 radical (unpaired) electrons. The molecule has 12 aromatic rings. The van der Waals surface area contributed by atoms with Crippen LogP contribution in [0.15, 0.2) is 205 Å². The van der Waals surface area contributed by atoms with Gasteiger partial charge in [0.05, 0.1) is 11.0 Å². The Morgan fingerprint density at radius 2 is 0.839 bits per heavy atom. The molecule has 0 amide bonds. The van der Waals surface area contributed by atoms with Crippen molar-refractivity contribution in [3.63, 3.8) is 0 Å². The molecule has 260 valence electrons. The van der Waals surface area contributed by atoms with Crippen LogP contribution in [0, 0.1) is 0 Å². The number of benzene rings is 10. The maximum atomic E-state index is 6.79. The Morgan fingerprint density at radius 1 is 0.304 bits per heavy atom. The van der Waals surface area contributed by atoms with E-state index >= 15 is 0 Å². The number of hydrogen-bond acceptors (Lipinski definition) is 1. The predicted molar refractivity (Wildman–Crippen MR) is 237 cm³/mol. The molecule has 10 aromatic carbocycles. The van der Waals surface area contributed by atoms with Crippen LogP contribution in [0.2, 0.25) is 0 Å². The summed E-state index contributed by atoms with van der Waals surface area (Å²) >= 11 is 0. The van der Waals surface area contributed by atoms with Gasteiger partial charge in [-0.05, 0) is 97.0 Å². The van der Waals surface area contributed by atoms with Gasteiger partial charge in [0.25, 0.3) is 0 Å². The summed E-state index contributed by atoms with van der Waals surface area (Å²) in [6.07, 6.45) is 0. The second kappa shape index (κ2) is 12.0. The molecule has 0 unspecified atom stereocenters. The van der Waals surface area contributed by atoms with Crippen molar-refractivity contribution in [1.29, 1.82) is 0 Å². The largest absolute Gasteiger partial charge is 0.455 e. The standard InChI is InChI=1S/C54H33NO/c1-2-15-38(16-3-1)55-48-24-12-10-18-40(48)46-32-36(30-31-49(46)55)34-26-28-35(29-27-34)51-42-20-6-8-22-44(42)52(45-23-9-7-21-43(45)51)53-39-17-5-4-14-37(39)33-47-41-19-11-13-25-50(41)56-54(47)53/h1-33H. The minimum absolute atomic E-state index is 0.908. The van der Waals surface area contributed by atoms with Crippen molar-refractivity contribution in [2.45, 2.75) is 0 Å². The second-order valence-electron chi connectivity index (χ2n) is 14.8. The first-order chi connectivity index (χ1) is 27.8. The summed E-state index contributed by atoms with van der Waals surface area (Å²) < 4.78 is 9.16. The van der Waals surface area contributed by atoms with E-state index in [1.165, 1.54) is 87.6 Å². The molecule has 2 nitrogen and oxygen atoms in total. The Labute approximate surface area is 323 Å². The summed E-state index contributed by atoms with van der Waals surface area (Å²) in [6, 6.07) is 72.7. The Hall–Kier alpha value is -7.42. The highest BCUT2D eigenvalue weighted by atomic mass is 16.3. The van der Waals surface area contributed by atoms with Gasteiger partial charge >= 0.3 is 0 Å². The Bertz CT molecular complexity index is 3460. The fraction of sp³-hybridized carbons (Fsp3) is 0. The van der Waals surface area contributed by atoms with Crippen molar-refractivity contribution in [3.05, 3.63) is 200 Å². The van der Waals surface area contributed by atoms with E-state index in [9.17, 15) is 0 Å². The number of hydrogen-bond donors (Lipinski definition) is 0. The van der Waals surface area contributed by atoms with Gasteiger partial charge in [0.1, 0.15) is 11.2 Å². The molecule has 2 aromatic heterocycles. The lowest BCUT2D eigenvalue weighted by Crippen LogP contribution is -1.93. The van der Waals surface area contributed by atoms with E-state index in [1.807, 2.05) is 0 Å². The summed E-state index contributed by atoms with van der Waals surface area (Å²) in [4.78, 5) is 0. The van der Waals surface area contributed by atoms with Crippen LogP contribution in [-0.4, -0.2) is 4.57 Å². The molecule has 2 heteroatoms. The molecule has 0 aliphatic rings. The lowest BCUT2D eigenvalue weighted by atomic mass is 9.84. The van der Waals surface area contributed by atoms with Gasteiger partial charge in [0.15, 0.2) is 0 Å². The molecule has 0 atom stereocenters. The maximum Gasteiger partial charge on any atom is 0.143 e. The number of furan rings is 1. The van der Waals surface area contributed by atoms with Crippen molar-refractivity contribution < 1.29 is 4.42 Å². The van der Waals surface area contributed by atoms with Crippen molar-refractivity contribution >= 4 is 76.1 Å². The minimum Gasteiger partial charge on any atom is -0.455 e. The number of rotatable bonds is 4. The van der Waals surface area contributed by atoms with Gasteiger partial charge in [-0.1, -0.05) is 158 Å². The molecule has 0 N–H and O–H groups in total. The second-order valence-corrected chi connectivity index (χ2v) is 14.8. The zero-order valence-electron chi connectivity index (χ0n) is 30.4. The summed E-state index contributed by atoms with van der Waals surface area (Å²) in [6.45, 7) is 0. The first kappa shape index (κ1) is 31.0. The summed E-state index contributed by atoms with van der Waals surface area (Å²) in [5.41, 5.74) is 12.6. The SMILES string of the molecule is c1ccc(-n2c3ccccc3c3cc(-c4ccc(-c5c6ccccc6c(-c6c7ccccc7cc7c6oc6ccccc67)c6ccccc56)cc4)ccc32)cc1. The summed E-state index contributed by atoms with van der Waals surface area (Å²) in [5, 5.41) is 12.1. The molecule has 56 heavy (non-hydrogen) atoms. The van der Waals surface area contributed by atoms with Gasteiger partial charge in [-0.25, -0.2) is 0 Å². The van der Waals surface area contributed by atoms with Gasteiger partial charge in [0, 0.05) is 38.4 Å². The van der Waals surface area contributed by atoms with Crippen molar-refractivity contribution in [3.8, 4) is 39.1 Å². The molecule has 0 aliphatic carbocycles. The van der Waals surface area contributed by atoms with Crippen LogP contribution in [0.4, 0.5) is 0 Å². The molecular weight excluding hydrogens is 679 g/mol. The normalized spacial score (nSPS) is 11.9. The molecule has 2 heterocycles. The summed E-state index contributed by atoms with van der Waals surface area (Å²) in [7, 11) is 0. The number of fused-ring (bicyclic) bond motifs is 9. The average molecular weight is 712 g/mol. The highest BCUT2D eigenvalue weighted by Gasteiger charge is 2.23. The van der Waals surface area contributed by atoms with E-state index in [2.05, 4.69) is 205 Å². The third-order valence-electron chi connectivity index (χ3n) is 11.8. The van der Waals surface area contributed by atoms with Crippen molar-refractivity contribution in [2.75, 3.05) is 0 Å². The summed E-state index contributed by atoms with van der Waals surface area (Å²) in [5.74, 6) is 0. The topological polar surface area (TPSA) is 18.1 Å². The van der Waals surface area contributed by atoms with Gasteiger partial charge in [-0.2, -0.15) is 0 Å². The van der Waals surface area contributed by atoms with E-state index in [0.29, 0.717) is 0 Å². The molecule has 0 aliphatic heterocycles. The Kier molecular flexibility index (Phi) is 6.66. The number of para-hydroxylation sites is 3. The molecular formula is C54H33NO. The molecule has 0 spiro atoms. The van der Waals surface area contributed by atoms with Crippen LogP contribution in [0.3, 0.4) is 0 Å². The number of nitrogens with zero attached hydrogens (tertiary/aromatic N) is 1. The Morgan fingerprint density at radius 3 is 1.57 bits per heavy atom. The monoisotopic (exact) mass is 711 g/mol. The molecule has 0 bridgehead atoms. The first-order valence-electron chi connectivity index (χ1n) is 19.3. The van der Waals surface area contributed by atoms with Crippen LogP contribution in [0.25, 0.3) is 115 Å². The highest BCUT2D eigenvalue weighted by Crippen LogP contribution is 2.49. The van der Waals surface area contributed by atoms with Crippen molar-refractivity contribution in [2.24, 2.45) is 0 Å². The smallest absolute Gasteiger partial charge is 0.143 e. The predicted octanol–water partition coefficient (Wildman–Crippen LogP) is 15.1. The van der Waals surface area contributed by atoms with E-state index in [1.54, 1.807) is 0 Å². The lowest BCUT2D eigenvalue weighted by molar-refractivity contribution is 0.670. The fourth-order valence-electron chi connectivity index (χ4n) is 9.32. The van der Waals surface area contributed by atoms with Crippen LogP contribution in [-0.2, 0) is 0 Å². The van der Waals surface area contributed by atoms with Gasteiger partial charge in [-0.3, -0.25) is 0 Å². The molecule has 12 rings (SSSR count). The van der Waals surface area contributed by atoms with Gasteiger partial charge in [0.2, 0.25) is 0 Å². The van der Waals surface area contributed by atoms with E-state index in [0.717, 1.165) is 27.5 Å². The molecule has 0 saturated heterocycles. The van der Waals surface area contributed by atoms with Crippen molar-refractivity contribution in [1.82, 2.24) is 4.57 Å². The molecule has 0 saturated carbocycles. The maximum absolute atomic E-state index is 6.79. The van der Waals surface area contributed by atoms with Crippen LogP contribution >= 0.6 is 0 Å². The van der Waals surface area contributed by atoms with Gasteiger partial charge < -0.3 is 8.98 Å². The van der Waals surface area contributed by atoms with Gasteiger partial charge in [-0.15, -0.1) is 0 Å².